The van der Waals surface area contributed by atoms with Crippen LogP contribution in [0.4, 0.5) is 11.4 Å². The van der Waals surface area contributed by atoms with Gasteiger partial charge in [0.25, 0.3) is 0 Å². The van der Waals surface area contributed by atoms with Gasteiger partial charge in [0.15, 0.2) is 0 Å². The van der Waals surface area contributed by atoms with Crippen LogP contribution in [0.1, 0.15) is 0 Å². The molecule has 3 nitrogen and oxygen atoms in total. The van der Waals surface area contributed by atoms with Crippen molar-refractivity contribution in [2.75, 3.05) is 25.3 Å². The number of anilines is 2. The molecule has 1 aromatic rings. The van der Waals surface area contributed by atoms with Gasteiger partial charge in [-0.15, -0.1) is 0 Å². The largest absolute Gasteiger partial charge is 0.397 e. The number of hydrazine groups is 1. The van der Waals surface area contributed by atoms with Crippen molar-refractivity contribution in [2.45, 2.75) is 0 Å². The number of hydrogen-bond donors (Lipinski definition) is 2. The van der Waals surface area contributed by atoms with Crippen molar-refractivity contribution in [3.8, 4) is 0 Å². The van der Waals surface area contributed by atoms with E-state index in [2.05, 4.69) is 21.4 Å². The molecule has 0 bridgehead atoms. The molecule has 0 unspecified atom stereocenters. The van der Waals surface area contributed by atoms with E-state index in [1.807, 2.05) is 37.3 Å². The van der Waals surface area contributed by atoms with Crippen molar-refractivity contribution in [3.05, 3.63) is 22.7 Å². The highest BCUT2D eigenvalue weighted by molar-refractivity contribution is 9.10. The average molecular weight is 230 g/mol. The van der Waals surface area contributed by atoms with E-state index < -0.39 is 0 Å². The quantitative estimate of drug-likeness (QED) is 0.602. The molecule has 0 fully saturated rings. The van der Waals surface area contributed by atoms with Crippen LogP contribution in [0.2, 0.25) is 0 Å². The Morgan fingerprint density at radius 2 is 2.08 bits per heavy atom. The van der Waals surface area contributed by atoms with Crippen molar-refractivity contribution < 1.29 is 0 Å². The summed E-state index contributed by atoms with van der Waals surface area (Å²) >= 11 is 3.34. The van der Waals surface area contributed by atoms with Gasteiger partial charge in [0.2, 0.25) is 0 Å². The van der Waals surface area contributed by atoms with Gasteiger partial charge in [-0.05, 0) is 18.2 Å². The number of nitrogens with zero attached hydrogens (tertiary/aromatic N) is 1. The second-order valence-corrected chi connectivity index (χ2v) is 3.65. The van der Waals surface area contributed by atoms with Crippen molar-refractivity contribution in [1.82, 2.24) is 5.01 Å². The summed E-state index contributed by atoms with van der Waals surface area (Å²) in [4.78, 5) is 0. The Hall–Kier alpha value is -0.740. The summed E-state index contributed by atoms with van der Waals surface area (Å²) in [6.07, 6.45) is 0. The zero-order chi connectivity index (χ0) is 9.14. The van der Waals surface area contributed by atoms with Crippen LogP contribution in [0.15, 0.2) is 22.7 Å². The van der Waals surface area contributed by atoms with Crippen molar-refractivity contribution in [2.24, 2.45) is 0 Å². The van der Waals surface area contributed by atoms with Crippen LogP contribution in [0, 0.1) is 0 Å². The third-order valence-electron chi connectivity index (χ3n) is 1.36. The second kappa shape index (κ2) is 3.78. The third-order valence-corrected chi connectivity index (χ3v) is 1.85. The van der Waals surface area contributed by atoms with Gasteiger partial charge in [-0.1, -0.05) is 15.9 Å². The molecule has 0 aliphatic heterocycles. The topological polar surface area (TPSA) is 41.3 Å². The number of nitrogen functional groups attached to an aromatic ring is 1. The fourth-order valence-corrected chi connectivity index (χ4v) is 1.26. The highest BCUT2D eigenvalue weighted by Gasteiger charge is 1.98. The fraction of sp³-hybridized carbons (Fsp3) is 0.250. The van der Waals surface area contributed by atoms with E-state index in [1.54, 1.807) is 0 Å². The van der Waals surface area contributed by atoms with Crippen LogP contribution < -0.4 is 11.2 Å². The van der Waals surface area contributed by atoms with Crippen molar-refractivity contribution in [1.29, 1.82) is 0 Å². The molecule has 1 aromatic carbocycles. The molecule has 0 radical (unpaired) electrons. The smallest absolute Gasteiger partial charge is 0.0720 e. The number of rotatable bonds is 2. The van der Waals surface area contributed by atoms with Crippen LogP contribution >= 0.6 is 15.9 Å². The fourth-order valence-electron chi connectivity index (χ4n) is 0.876. The maximum atomic E-state index is 5.75. The predicted octanol–water partition coefficient (Wildman–Crippen LogP) is 1.92. The van der Waals surface area contributed by atoms with Gasteiger partial charge < -0.3 is 11.2 Å². The molecule has 3 N–H and O–H groups in total. The highest BCUT2D eigenvalue weighted by atomic mass is 79.9. The maximum absolute atomic E-state index is 5.75. The third kappa shape index (κ3) is 2.39. The molecule has 0 aliphatic carbocycles. The first kappa shape index (κ1) is 9.35. The minimum Gasteiger partial charge on any atom is -0.397 e. The molecule has 0 aromatic heterocycles. The summed E-state index contributed by atoms with van der Waals surface area (Å²) < 4.78 is 0.990. The molecule has 4 heteroatoms. The first-order valence-corrected chi connectivity index (χ1v) is 4.38. The predicted molar refractivity (Wildman–Crippen MR) is 55.9 cm³/mol. The molecular formula is C8H12BrN3. The molecule has 66 valence electrons. The van der Waals surface area contributed by atoms with E-state index in [0.717, 1.165) is 15.8 Å². The van der Waals surface area contributed by atoms with E-state index in [0.29, 0.717) is 0 Å². The Morgan fingerprint density at radius 1 is 1.42 bits per heavy atom. The van der Waals surface area contributed by atoms with Gasteiger partial charge in [0.1, 0.15) is 0 Å². The van der Waals surface area contributed by atoms with Gasteiger partial charge in [0.05, 0.1) is 11.4 Å². The second-order valence-electron chi connectivity index (χ2n) is 2.74. The van der Waals surface area contributed by atoms with Gasteiger partial charge >= 0.3 is 0 Å². The normalized spacial score (nSPS) is 10.3. The number of hydrogen-bond acceptors (Lipinski definition) is 3. The SMILES string of the molecule is CN(C)Nc1ccc(Br)cc1N. The van der Waals surface area contributed by atoms with Crippen LogP contribution in [-0.2, 0) is 0 Å². The minimum atomic E-state index is 0.734. The summed E-state index contributed by atoms with van der Waals surface area (Å²) in [5, 5.41) is 1.85. The lowest BCUT2D eigenvalue weighted by Gasteiger charge is -2.15. The van der Waals surface area contributed by atoms with E-state index in [-0.39, 0.29) is 0 Å². The molecule has 0 amide bonds. The lowest BCUT2D eigenvalue weighted by molar-refractivity contribution is 0.496. The van der Waals surface area contributed by atoms with E-state index >= 15 is 0 Å². The number of nitrogens with two attached hydrogens (primary N) is 1. The number of benzene rings is 1. The standard InChI is InChI=1S/C8H12BrN3/c1-12(2)11-8-4-3-6(9)5-7(8)10/h3-5,11H,10H2,1-2H3. The Balaban J connectivity index is 2.86. The Kier molecular flexibility index (Phi) is 2.94. The summed E-state index contributed by atoms with van der Waals surface area (Å²) in [5.74, 6) is 0. The summed E-state index contributed by atoms with van der Waals surface area (Å²) in [7, 11) is 3.84. The van der Waals surface area contributed by atoms with Crippen LogP contribution in [0.25, 0.3) is 0 Å². The zero-order valence-electron chi connectivity index (χ0n) is 7.13. The summed E-state index contributed by atoms with van der Waals surface area (Å²) in [6.45, 7) is 0. The molecule has 0 spiro atoms. The van der Waals surface area contributed by atoms with Crippen LogP contribution in [0.3, 0.4) is 0 Å². The van der Waals surface area contributed by atoms with Crippen LogP contribution in [0.5, 0.6) is 0 Å². The lowest BCUT2D eigenvalue weighted by atomic mass is 10.3. The van der Waals surface area contributed by atoms with Crippen molar-refractivity contribution >= 4 is 27.3 Å². The summed E-state index contributed by atoms with van der Waals surface area (Å²) in [5.41, 5.74) is 10.5. The highest BCUT2D eigenvalue weighted by Crippen LogP contribution is 2.22. The maximum Gasteiger partial charge on any atom is 0.0720 e. The molecule has 1 rings (SSSR count). The molecule has 0 aliphatic rings. The Bertz CT molecular complexity index is 273. The molecule has 0 atom stereocenters. The van der Waals surface area contributed by atoms with Crippen molar-refractivity contribution in [3.63, 3.8) is 0 Å². The minimum absolute atomic E-state index is 0.734. The molecule has 0 saturated heterocycles. The van der Waals surface area contributed by atoms with Gasteiger partial charge in [-0.2, -0.15) is 0 Å². The van der Waals surface area contributed by atoms with E-state index in [9.17, 15) is 0 Å². The molecule has 0 saturated carbocycles. The molecule has 0 heterocycles. The van der Waals surface area contributed by atoms with Gasteiger partial charge in [0, 0.05) is 18.6 Å². The first-order valence-electron chi connectivity index (χ1n) is 3.58. The van der Waals surface area contributed by atoms with Gasteiger partial charge in [-0.25, -0.2) is 5.01 Å². The summed E-state index contributed by atoms with van der Waals surface area (Å²) in [6, 6.07) is 5.74. The molecular weight excluding hydrogens is 218 g/mol. The Morgan fingerprint density at radius 3 is 2.58 bits per heavy atom. The lowest BCUT2D eigenvalue weighted by Crippen LogP contribution is -2.20. The van der Waals surface area contributed by atoms with E-state index in [1.165, 1.54) is 0 Å². The van der Waals surface area contributed by atoms with Gasteiger partial charge in [-0.3, -0.25) is 0 Å². The average Bonchev–Trinajstić information content (AvgIpc) is 1.94. The van der Waals surface area contributed by atoms with E-state index in [4.69, 9.17) is 5.73 Å². The Labute approximate surface area is 80.6 Å². The zero-order valence-corrected chi connectivity index (χ0v) is 8.72. The number of nitrogens with one attached hydrogen (secondary N) is 1. The first-order chi connectivity index (χ1) is 5.59. The molecule has 12 heavy (non-hydrogen) atoms. The number of halogens is 1. The van der Waals surface area contributed by atoms with Crippen LogP contribution in [-0.4, -0.2) is 19.1 Å². The monoisotopic (exact) mass is 229 g/mol.